The molecule has 6 nitrogen and oxygen atoms in total. The lowest BCUT2D eigenvalue weighted by molar-refractivity contribution is -0.152. The van der Waals surface area contributed by atoms with Gasteiger partial charge in [-0.25, -0.2) is 0 Å². The fourth-order valence-corrected chi connectivity index (χ4v) is 5.00. The number of hydrogen-bond acceptors (Lipinski definition) is 6. The number of aliphatic hydroxyl groups excluding tert-OH is 2. The summed E-state index contributed by atoms with van der Waals surface area (Å²) in [5.74, 6) is -0.642. The van der Waals surface area contributed by atoms with Crippen molar-refractivity contribution in [2.24, 2.45) is 0 Å². The molecular formula is C40H70O6. The zero-order valence-electron chi connectivity index (χ0n) is 29.5. The van der Waals surface area contributed by atoms with E-state index in [0.29, 0.717) is 25.9 Å². The first-order valence-corrected chi connectivity index (χ1v) is 18.8. The first kappa shape index (κ1) is 43.8. The molecule has 0 saturated carbocycles. The van der Waals surface area contributed by atoms with Crippen molar-refractivity contribution in [1.82, 2.24) is 0 Å². The molecule has 0 amide bonds. The van der Waals surface area contributed by atoms with Crippen molar-refractivity contribution < 1.29 is 29.3 Å². The van der Waals surface area contributed by atoms with Crippen molar-refractivity contribution in [3.8, 4) is 0 Å². The molecule has 0 aromatic heterocycles. The molecule has 0 heterocycles. The smallest absolute Gasteiger partial charge is 0.305 e. The highest BCUT2D eigenvalue weighted by molar-refractivity contribution is 5.69. The molecule has 0 unspecified atom stereocenters. The second-order valence-corrected chi connectivity index (χ2v) is 12.4. The van der Waals surface area contributed by atoms with Crippen LogP contribution in [0.3, 0.4) is 0 Å². The van der Waals surface area contributed by atoms with Gasteiger partial charge in [0.15, 0.2) is 0 Å². The van der Waals surface area contributed by atoms with Gasteiger partial charge in [0, 0.05) is 19.4 Å². The van der Waals surface area contributed by atoms with Gasteiger partial charge >= 0.3 is 11.9 Å². The number of unbranched alkanes of at least 4 members (excludes halogenated alkanes) is 17. The molecule has 266 valence electrons. The number of hydrogen-bond donors (Lipinski definition) is 2. The summed E-state index contributed by atoms with van der Waals surface area (Å²) >= 11 is 0. The van der Waals surface area contributed by atoms with Crippen LogP contribution in [0.25, 0.3) is 0 Å². The van der Waals surface area contributed by atoms with E-state index in [-0.39, 0.29) is 25.2 Å². The minimum absolute atomic E-state index is 0.138. The SMILES string of the molecule is CCCCCCCCCCCCCCCCC(=O)OC[C@@H](O)COC(=O)CCC/C=C\C/C=C\C/C=C\C/C=C\CCCCCO. The van der Waals surface area contributed by atoms with Crippen LogP contribution >= 0.6 is 0 Å². The number of ether oxygens (including phenoxy) is 2. The van der Waals surface area contributed by atoms with Gasteiger partial charge < -0.3 is 19.7 Å². The number of allylic oxidation sites excluding steroid dienone is 8. The van der Waals surface area contributed by atoms with Gasteiger partial charge in [0.1, 0.15) is 19.3 Å². The van der Waals surface area contributed by atoms with Gasteiger partial charge in [0.25, 0.3) is 0 Å². The molecule has 1 atom stereocenters. The number of aliphatic hydroxyl groups is 2. The summed E-state index contributed by atoms with van der Waals surface area (Å²) in [5, 5.41) is 18.7. The Morgan fingerprint density at radius 3 is 1.33 bits per heavy atom. The number of carbonyl (C=O) groups excluding carboxylic acids is 2. The maximum absolute atomic E-state index is 11.9. The predicted molar refractivity (Wildman–Crippen MR) is 193 cm³/mol. The molecule has 0 saturated heterocycles. The van der Waals surface area contributed by atoms with Crippen LogP contribution in [0.4, 0.5) is 0 Å². The summed E-state index contributed by atoms with van der Waals surface area (Å²) in [4.78, 5) is 23.9. The quantitative estimate of drug-likeness (QED) is 0.0410. The number of esters is 2. The van der Waals surface area contributed by atoms with Gasteiger partial charge in [-0.2, -0.15) is 0 Å². The molecule has 0 spiro atoms. The van der Waals surface area contributed by atoms with Crippen LogP contribution in [0.5, 0.6) is 0 Å². The Bertz CT molecular complexity index is 785. The van der Waals surface area contributed by atoms with Gasteiger partial charge in [-0.3, -0.25) is 9.59 Å². The Balaban J connectivity index is 3.54. The van der Waals surface area contributed by atoms with E-state index in [2.05, 4.69) is 55.5 Å². The Morgan fingerprint density at radius 2 is 0.870 bits per heavy atom. The Hall–Kier alpha value is -2.18. The van der Waals surface area contributed by atoms with E-state index in [9.17, 15) is 14.7 Å². The van der Waals surface area contributed by atoms with Crippen LogP contribution in [-0.4, -0.2) is 48.1 Å². The van der Waals surface area contributed by atoms with Gasteiger partial charge in [0.2, 0.25) is 0 Å². The second kappa shape index (κ2) is 37.3. The molecule has 0 rings (SSSR count). The average molecular weight is 647 g/mol. The Kier molecular flexibility index (Phi) is 35.5. The summed E-state index contributed by atoms with van der Waals surface area (Å²) in [6, 6.07) is 0. The van der Waals surface area contributed by atoms with E-state index in [1.807, 2.05) is 0 Å². The highest BCUT2D eigenvalue weighted by Crippen LogP contribution is 2.13. The van der Waals surface area contributed by atoms with Crippen molar-refractivity contribution in [3.63, 3.8) is 0 Å². The minimum atomic E-state index is -0.991. The first-order chi connectivity index (χ1) is 22.6. The first-order valence-electron chi connectivity index (χ1n) is 18.8. The van der Waals surface area contributed by atoms with Crippen LogP contribution in [-0.2, 0) is 19.1 Å². The molecule has 0 aliphatic heterocycles. The molecule has 0 radical (unpaired) electrons. The molecule has 0 aliphatic carbocycles. The van der Waals surface area contributed by atoms with Gasteiger partial charge in [-0.05, 0) is 57.8 Å². The summed E-state index contributed by atoms with van der Waals surface area (Å²) in [6.45, 7) is 2.26. The zero-order chi connectivity index (χ0) is 33.6. The van der Waals surface area contributed by atoms with Gasteiger partial charge in [-0.15, -0.1) is 0 Å². The van der Waals surface area contributed by atoms with Crippen LogP contribution < -0.4 is 0 Å². The molecular weight excluding hydrogens is 576 g/mol. The van der Waals surface area contributed by atoms with Crippen LogP contribution in [0.2, 0.25) is 0 Å². The third kappa shape index (κ3) is 36.3. The van der Waals surface area contributed by atoms with Crippen molar-refractivity contribution in [1.29, 1.82) is 0 Å². The highest BCUT2D eigenvalue weighted by Gasteiger charge is 2.12. The topological polar surface area (TPSA) is 93.1 Å². The summed E-state index contributed by atoms with van der Waals surface area (Å²) in [5.41, 5.74) is 0. The third-order valence-corrected chi connectivity index (χ3v) is 7.87. The molecule has 0 aromatic rings. The fraction of sp³-hybridized carbons (Fsp3) is 0.750. The largest absolute Gasteiger partial charge is 0.463 e. The molecule has 0 fully saturated rings. The third-order valence-electron chi connectivity index (χ3n) is 7.87. The van der Waals surface area contributed by atoms with Crippen molar-refractivity contribution in [2.75, 3.05) is 19.8 Å². The van der Waals surface area contributed by atoms with E-state index < -0.39 is 6.10 Å². The second-order valence-electron chi connectivity index (χ2n) is 12.4. The maximum Gasteiger partial charge on any atom is 0.305 e. The summed E-state index contributed by atoms with van der Waals surface area (Å²) in [6.07, 6.45) is 43.2. The molecule has 0 bridgehead atoms. The van der Waals surface area contributed by atoms with Crippen LogP contribution in [0.1, 0.15) is 167 Å². The standard InChI is InChI=1S/C40H70O6/c1-2-3-4-5-6-7-8-9-15-18-21-24-27-30-33-39(43)45-36-38(42)37-46-40(44)34-31-28-25-22-19-16-13-11-10-12-14-17-20-23-26-29-32-35-41/h10,12-13,16-17,20,22,25,38,41-42H,2-9,11,14-15,18-19,21,23-24,26-37H2,1H3/b12-10-,16-13-,20-17-,25-22-/t38-/m1/s1. The molecule has 6 heteroatoms. The lowest BCUT2D eigenvalue weighted by Gasteiger charge is -2.12. The van der Waals surface area contributed by atoms with E-state index in [0.717, 1.165) is 70.6 Å². The highest BCUT2D eigenvalue weighted by atomic mass is 16.6. The molecule has 0 aromatic carbocycles. The lowest BCUT2D eigenvalue weighted by atomic mass is 10.0. The zero-order valence-corrected chi connectivity index (χ0v) is 29.5. The van der Waals surface area contributed by atoms with Crippen LogP contribution in [0.15, 0.2) is 48.6 Å². The maximum atomic E-state index is 11.9. The van der Waals surface area contributed by atoms with Crippen LogP contribution in [0, 0.1) is 0 Å². The number of carbonyl (C=O) groups is 2. The van der Waals surface area contributed by atoms with E-state index >= 15 is 0 Å². The van der Waals surface area contributed by atoms with E-state index in [4.69, 9.17) is 14.6 Å². The lowest BCUT2D eigenvalue weighted by Crippen LogP contribution is -2.25. The number of rotatable bonds is 34. The van der Waals surface area contributed by atoms with Gasteiger partial charge in [-0.1, -0.05) is 145 Å². The monoisotopic (exact) mass is 647 g/mol. The van der Waals surface area contributed by atoms with Gasteiger partial charge in [0.05, 0.1) is 0 Å². The predicted octanol–water partition coefficient (Wildman–Crippen LogP) is 10.4. The van der Waals surface area contributed by atoms with Crippen molar-refractivity contribution in [2.45, 2.75) is 174 Å². The average Bonchev–Trinajstić information content (AvgIpc) is 3.06. The summed E-state index contributed by atoms with van der Waals surface area (Å²) < 4.78 is 10.3. The normalized spacial score (nSPS) is 12.7. The van der Waals surface area contributed by atoms with E-state index in [1.165, 1.54) is 70.6 Å². The van der Waals surface area contributed by atoms with Crippen molar-refractivity contribution in [3.05, 3.63) is 48.6 Å². The molecule has 0 aliphatic rings. The van der Waals surface area contributed by atoms with Crippen molar-refractivity contribution >= 4 is 11.9 Å². The molecule has 2 N–H and O–H groups in total. The van der Waals surface area contributed by atoms with E-state index in [1.54, 1.807) is 0 Å². The minimum Gasteiger partial charge on any atom is -0.463 e. The molecule has 46 heavy (non-hydrogen) atoms. The Morgan fingerprint density at radius 1 is 0.500 bits per heavy atom. The summed E-state index contributed by atoms with van der Waals surface area (Å²) in [7, 11) is 0. The Labute approximate surface area is 282 Å². The fourth-order valence-electron chi connectivity index (χ4n) is 5.00.